The van der Waals surface area contributed by atoms with Gasteiger partial charge in [-0.1, -0.05) is 38.1 Å². The summed E-state index contributed by atoms with van der Waals surface area (Å²) in [7, 11) is -6.28. The Kier molecular flexibility index (Phi) is 19.8. The second-order valence-corrected chi connectivity index (χ2v) is 18.8. The second kappa shape index (κ2) is 23.9. The lowest BCUT2D eigenvalue weighted by Gasteiger charge is -2.27. The van der Waals surface area contributed by atoms with Crippen LogP contribution in [-0.4, -0.2) is 78.5 Å². The maximum Gasteiger partial charge on any atom is 0.316 e. The molecule has 4 aromatic rings. The Labute approximate surface area is 359 Å². The number of ether oxygens (including phenoxy) is 2. The van der Waals surface area contributed by atoms with Crippen molar-refractivity contribution in [2.24, 2.45) is 17.6 Å². The topological polar surface area (TPSA) is 231 Å². The number of nitrogens with two attached hydrogens (primary N) is 1. The molecule has 2 aliphatic carbocycles. The molecular weight excluding hydrogens is 832 g/mol. The van der Waals surface area contributed by atoms with Crippen LogP contribution in [0, 0.1) is 11.8 Å². The zero-order chi connectivity index (χ0) is 43.0. The Morgan fingerprint density at radius 3 is 1.33 bits per heavy atom. The van der Waals surface area contributed by atoms with Gasteiger partial charge < -0.3 is 25.6 Å². The van der Waals surface area contributed by atoms with E-state index in [2.05, 4.69) is 32.2 Å². The van der Waals surface area contributed by atoms with E-state index in [-0.39, 0.29) is 47.3 Å². The minimum absolute atomic E-state index is 0. The molecule has 0 atom stereocenters. The monoisotopic (exact) mass is 888 g/mol. The van der Waals surface area contributed by atoms with E-state index in [0.29, 0.717) is 42.8 Å². The van der Waals surface area contributed by atoms with Crippen molar-refractivity contribution < 1.29 is 41.0 Å². The number of carbonyl (C=O) groups excluding carboxylic acids is 1. The van der Waals surface area contributed by atoms with Gasteiger partial charge in [0.05, 0.1) is 15.7 Å². The fourth-order valence-corrected chi connectivity index (χ4v) is 7.66. The van der Waals surface area contributed by atoms with Crippen LogP contribution in [0.25, 0.3) is 0 Å². The lowest BCUT2D eigenvalue weighted by atomic mass is 9.87. The number of nitrogens with zero attached hydrogens (tertiary/aromatic N) is 4. The lowest BCUT2D eigenvalue weighted by Crippen LogP contribution is -2.35. The summed E-state index contributed by atoms with van der Waals surface area (Å²) in [6.45, 7) is 4.92. The first-order valence-corrected chi connectivity index (χ1v) is 23.6. The Balaban J connectivity index is 0.000000264. The van der Waals surface area contributed by atoms with Gasteiger partial charge in [-0.05, 0) is 111 Å². The summed E-state index contributed by atoms with van der Waals surface area (Å²) < 4.78 is 56.5. The number of carbonyl (C=O) groups is 2. The fourth-order valence-electron chi connectivity index (χ4n) is 6.40. The van der Waals surface area contributed by atoms with E-state index in [1.165, 1.54) is 12.5 Å². The van der Waals surface area contributed by atoms with Crippen molar-refractivity contribution in [2.45, 2.75) is 113 Å². The van der Waals surface area contributed by atoms with Crippen molar-refractivity contribution >= 4 is 44.0 Å². The number of carboxylic acids is 1. The minimum atomic E-state index is -3.21. The Hall–Kier alpha value is -4.71. The number of amides is 1. The number of rotatable bonds is 13. The van der Waals surface area contributed by atoms with Crippen LogP contribution in [-0.2, 0) is 55.2 Å². The third-order valence-electron chi connectivity index (χ3n) is 10.2. The number of aryl methyl sites for hydroxylation is 2. The van der Waals surface area contributed by atoms with Gasteiger partial charge in [-0.3, -0.25) is 9.59 Å². The zero-order valence-electron chi connectivity index (χ0n) is 34.5. The summed E-state index contributed by atoms with van der Waals surface area (Å²) in [6.07, 6.45) is 17.3. The molecule has 4 N–H and O–H groups in total. The van der Waals surface area contributed by atoms with Crippen molar-refractivity contribution in [1.29, 1.82) is 0 Å². The standard InChI is InChI=1S/C21H27N3O4S.C13H18N2O3.C8H11NO2S.ClH/c1-3-15-12-23-21(24-13-15)28-18-8-6-17(7-9-18)20(25)22-14-16-4-10-19(11-5-16)29(2,26)27;1-2-9-7-14-13(15-8-9)18-11-5-3-10(4-6-11)12(16)17;1-12(10,11)8-4-2-7(6-9)3-5-8;/h4-5,10-13,17-18H,3,6-9,14H2,1-2H3,(H,22,25);7-8,10-11H,2-6H2,1H3,(H,16,17);2-5H,6,9H2,1H3;1H. The number of nitrogens with one attached hydrogen (secondary N) is 1. The van der Waals surface area contributed by atoms with E-state index >= 15 is 0 Å². The van der Waals surface area contributed by atoms with E-state index in [9.17, 15) is 26.4 Å². The molecule has 328 valence electrons. The Bertz CT molecular complexity index is 2150. The number of halogens is 1. The Morgan fingerprint density at radius 2 is 1.00 bits per heavy atom. The first kappa shape index (κ1) is 49.7. The largest absolute Gasteiger partial charge is 0.481 e. The first-order valence-electron chi connectivity index (χ1n) is 19.8. The highest BCUT2D eigenvalue weighted by Crippen LogP contribution is 2.28. The van der Waals surface area contributed by atoms with Gasteiger partial charge in [-0.25, -0.2) is 36.8 Å². The number of hydrogen-bond acceptors (Lipinski definition) is 13. The van der Waals surface area contributed by atoms with Crippen molar-refractivity contribution in [1.82, 2.24) is 25.3 Å². The van der Waals surface area contributed by atoms with Gasteiger partial charge in [0.2, 0.25) is 5.91 Å². The van der Waals surface area contributed by atoms with Crippen LogP contribution in [0.1, 0.15) is 87.5 Å². The summed E-state index contributed by atoms with van der Waals surface area (Å²) in [5.74, 6) is -0.919. The van der Waals surface area contributed by atoms with Crippen LogP contribution in [0.3, 0.4) is 0 Å². The third kappa shape index (κ3) is 16.4. The quantitative estimate of drug-likeness (QED) is 0.146. The molecule has 0 bridgehead atoms. The molecule has 6 rings (SSSR count). The van der Waals surface area contributed by atoms with Gasteiger partial charge >= 0.3 is 18.0 Å². The van der Waals surface area contributed by atoms with Crippen LogP contribution >= 0.6 is 12.4 Å². The smallest absolute Gasteiger partial charge is 0.316 e. The number of aliphatic carboxylic acids is 1. The van der Waals surface area contributed by atoms with E-state index in [1.54, 1.807) is 73.3 Å². The molecule has 18 heteroatoms. The van der Waals surface area contributed by atoms with Crippen molar-refractivity contribution in [2.75, 3.05) is 12.5 Å². The molecular formula is C42H57ClN6O9S2. The molecule has 0 aliphatic heterocycles. The Morgan fingerprint density at radius 1 is 0.633 bits per heavy atom. The average Bonchev–Trinajstić information content (AvgIpc) is 3.24. The maximum atomic E-state index is 12.5. The molecule has 2 aromatic carbocycles. The summed E-state index contributed by atoms with van der Waals surface area (Å²) in [5, 5.41) is 11.9. The van der Waals surface area contributed by atoms with Gasteiger partial charge in [0, 0.05) is 56.3 Å². The van der Waals surface area contributed by atoms with Gasteiger partial charge in [-0.15, -0.1) is 12.4 Å². The molecule has 2 aromatic heterocycles. The summed E-state index contributed by atoms with van der Waals surface area (Å²) in [5.41, 5.74) is 9.32. The lowest BCUT2D eigenvalue weighted by molar-refractivity contribution is -0.143. The van der Waals surface area contributed by atoms with Crippen molar-refractivity contribution in [3.63, 3.8) is 0 Å². The predicted molar refractivity (Wildman–Crippen MR) is 229 cm³/mol. The second-order valence-electron chi connectivity index (χ2n) is 14.7. The number of benzene rings is 2. The van der Waals surface area contributed by atoms with Gasteiger partial charge in [0.25, 0.3) is 0 Å². The SMILES string of the molecule is CCc1cnc(OC2CCC(C(=O)NCc3ccc(S(C)(=O)=O)cc3)CC2)nc1.CCc1cnc(OC2CCC(C(=O)O)CC2)nc1.CS(=O)(=O)c1ccc(CN)cc1.Cl. The van der Waals surface area contributed by atoms with Crippen molar-refractivity contribution in [3.05, 3.63) is 95.6 Å². The molecule has 15 nitrogen and oxygen atoms in total. The molecule has 0 spiro atoms. The molecule has 2 aliphatic rings. The molecule has 0 unspecified atom stereocenters. The van der Waals surface area contributed by atoms with Crippen LogP contribution < -0.4 is 20.5 Å². The van der Waals surface area contributed by atoms with Crippen molar-refractivity contribution in [3.8, 4) is 12.0 Å². The third-order valence-corrected chi connectivity index (χ3v) is 12.5. The summed E-state index contributed by atoms with van der Waals surface area (Å²) >= 11 is 0. The molecule has 2 saturated carbocycles. The van der Waals surface area contributed by atoms with E-state index in [4.69, 9.17) is 20.3 Å². The maximum absolute atomic E-state index is 12.5. The molecule has 0 radical (unpaired) electrons. The highest BCUT2D eigenvalue weighted by molar-refractivity contribution is 7.91. The van der Waals surface area contributed by atoms with Gasteiger partial charge in [0.15, 0.2) is 19.7 Å². The van der Waals surface area contributed by atoms with Gasteiger partial charge in [-0.2, -0.15) is 0 Å². The van der Waals surface area contributed by atoms with E-state index in [1.807, 2.05) is 6.92 Å². The predicted octanol–water partition coefficient (Wildman–Crippen LogP) is 5.73. The highest BCUT2D eigenvalue weighted by Gasteiger charge is 2.28. The molecule has 1 amide bonds. The fraction of sp³-hybridized carbons (Fsp3) is 0.476. The van der Waals surface area contributed by atoms with Crippen LogP contribution in [0.5, 0.6) is 12.0 Å². The van der Waals surface area contributed by atoms with Crippen LogP contribution in [0.15, 0.2) is 83.1 Å². The van der Waals surface area contributed by atoms with Crippen LogP contribution in [0.4, 0.5) is 0 Å². The molecule has 60 heavy (non-hydrogen) atoms. The number of aromatic nitrogens is 4. The molecule has 0 saturated heterocycles. The average molecular weight is 890 g/mol. The summed E-state index contributed by atoms with van der Waals surface area (Å²) in [6, 6.07) is 13.9. The number of hydrogen-bond donors (Lipinski definition) is 3. The molecule has 2 heterocycles. The van der Waals surface area contributed by atoms with E-state index in [0.717, 1.165) is 73.6 Å². The van der Waals surface area contributed by atoms with E-state index < -0.39 is 25.6 Å². The minimum Gasteiger partial charge on any atom is -0.481 e. The normalized spacial score (nSPS) is 18.8. The highest BCUT2D eigenvalue weighted by atomic mass is 35.5. The first-order chi connectivity index (χ1) is 28.1. The van der Waals surface area contributed by atoms with Crippen LogP contribution in [0.2, 0.25) is 0 Å². The summed E-state index contributed by atoms with van der Waals surface area (Å²) in [4.78, 5) is 40.7. The number of carboxylic acid groups (broad SMARTS) is 1. The zero-order valence-corrected chi connectivity index (χ0v) is 37.0. The molecule has 2 fully saturated rings. The van der Waals surface area contributed by atoms with Gasteiger partial charge in [0.1, 0.15) is 12.2 Å². The number of sulfone groups is 2.